The molecule has 0 saturated heterocycles. The predicted molar refractivity (Wildman–Crippen MR) is 136 cm³/mol. The summed E-state index contributed by atoms with van der Waals surface area (Å²) < 4.78 is 2.60. The lowest BCUT2D eigenvalue weighted by molar-refractivity contribution is 0.0693. The molecule has 0 fully saturated rings. The summed E-state index contributed by atoms with van der Waals surface area (Å²) in [6.45, 7) is 6.42. The van der Waals surface area contributed by atoms with E-state index in [1.54, 1.807) is 27.7 Å². The SMILES string of the molecule is CCc1ccccc1-n1c(C(C)N(CC)C(=O)c2ccc(Br)cc2)nc2ccccc2c1=O. The van der Waals surface area contributed by atoms with Crippen LogP contribution >= 0.6 is 15.9 Å². The van der Waals surface area contributed by atoms with Crippen LogP contribution in [-0.2, 0) is 6.42 Å². The van der Waals surface area contributed by atoms with E-state index >= 15 is 0 Å². The van der Waals surface area contributed by atoms with Crippen molar-refractivity contribution in [3.8, 4) is 5.69 Å². The summed E-state index contributed by atoms with van der Waals surface area (Å²) in [7, 11) is 0. The second kappa shape index (κ2) is 9.71. The summed E-state index contributed by atoms with van der Waals surface area (Å²) in [4.78, 5) is 33.8. The number of nitrogens with zero attached hydrogens (tertiary/aromatic N) is 3. The molecule has 1 amide bonds. The first-order valence-corrected chi connectivity index (χ1v) is 11.9. The van der Waals surface area contributed by atoms with Gasteiger partial charge in [-0.05, 0) is 68.3 Å². The number of hydrogen-bond acceptors (Lipinski definition) is 3. The van der Waals surface area contributed by atoms with Gasteiger partial charge in [0.1, 0.15) is 5.82 Å². The van der Waals surface area contributed by atoms with Gasteiger partial charge in [-0.2, -0.15) is 0 Å². The van der Waals surface area contributed by atoms with Gasteiger partial charge >= 0.3 is 0 Å². The van der Waals surface area contributed by atoms with Gasteiger partial charge in [0.25, 0.3) is 11.5 Å². The molecule has 0 N–H and O–H groups in total. The molecule has 6 heteroatoms. The van der Waals surface area contributed by atoms with E-state index in [1.165, 1.54) is 0 Å². The van der Waals surface area contributed by atoms with Crippen molar-refractivity contribution < 1.29 is 4.79 Å². The van der Waals surface area contributed by atoms with E-state index < -0.39 is 6.04 Å². The summed E-state index contributed by atoms with van der Waals surface area (Å²) >= 11 is 3.42. The molecule has 0 bridgehead atoms. The minimum Gasteiger partial charge on any atom is -0.329 e. The first-order chi connectivity index (χ1) is 16.0. The van der Waals surface area contributed by atoms with E-state index in [4.69, 9.17) is 4.98 Å². The molecule has 3 aromatic carbocycles. The average molecular weight is 504 g/mol. The zero-order valence-corrected chi connectivity index (χ0v) is 20.5. The van der Waals surface area contributed by atoms with Crippen LogP contribution in [0.5, 0.6) is 0 Å². The summed E-state index contributed by atoms with van der Waals surface area (Å²) in [5.74, 6) is 0.446. The Morgan fingerprint density at radius 1 is 1.00 bits per heavy atom. The van der Waals surface area contributed by atoms with Gasteiger partial charge in [-0.3, -0.25) is 14.2 Å². The van der Waals surface area contributed by atoms with Crippen molar-refractivity contribution in [2.75, 3.05) is 6.54 Å². The molecule has 0 aliphatic carbocycles. The van der Waals surface area contributed by atoms with Crippen LogP contribution in [0, 0.1) is 0 Å². The Kier molecular flexibility index (Phi) is 6.75. The Hall–Kier alpha value is -3.25. The van der Waals surface area contributed by atoms with Crippen LogP contribution in [0.4, 0.5) is 0 Å². The standard InChI is InChI=1S/C27H26BrN3O2/c1-4-19-10-6-9-13-24(19)31-25(29-23-12-8-7-11-22(23)27(31)33)18(3)30(5-2)26(32)20-14-16-21(28)17-15-20/h6-18H,4-5H2,1-3H3. The minimum absolute atomic E-state index is 0.102. The zero-order chi connectivity index (χ0) is 23.5. The predicted octanol–water partition coefficient (Wildman–Crippen LogP) is 5.93. The monoisotopic (exact) mass is 503 g/mol. The fourth-order valence-corrected chi connectivity index (χ4v) is 4.45. The van der Waals surface area contributed by atoms with E-state index in [9.17, 15) is 9.59 Å². The van der Waals surface area contributed by atoms with Crippen LogP contribution in [0.2, 0.25) is 0 Å². The normalized spacial score (nSPS) is 12.0. The first-order valence-electron chi connectivity index (χ1n) is 11.1. The number of aryl methyl sites for hydroxylation is 1. The third kappa shape index (κ3) is 4.35. The molecule has 1 atom stereocenters. The van der Waals surface area contributed by atoms with Crippen LogP contribution in [-0.4, -0.2) is 26.9 Å². The highest BCUT2D eigenvalue weighted by molar-refractivity contribution is 9.10. The van der Waals surface area contributed by atoms with E-state index in [2.05, 4.69) is 22.9 Å². The number of carbonyl (C=O) groups is 1. The maximum atomic E-state index is 13.7. The molecule has 0 saturated carbocycles. The Labute approximate surface area is 201 Å². The highest BCUT2D eigenvalue weighted by atomic mass is 79.9. The van der Waals surface area contributed by atoms with Gasteiger partial charge in [-0.25, -0.2) is 4.98 Å². The van der Waals surface area contributed by atoms with Crippen molar-refractivity contribution in [3.63, 3.8) is 0 Å². The molecular weight excluding hydrogens is 478 g/mol. The number of benzene rings is 3. The lowest BCUT2D eigenvalue weighted by Gasteiger charge is -2.30. The lowest BCUT2D eigenvalue weighted by Crippen LogP contribution is -2.37. The molecule has 1 unspecified atom stereocenters. The van der Waals surface area contributed by atoms with Crippen LogP contribution < -0.4 is 5.56 Å². The average Bonchev–Trinajstić information content (AvgIpc) is 2.84. The highest BCUT2D eigenvalue weighted by Crippen LogP contribution is 2.26. The van der Waals surface area contributed by atoms with Crippen molar-refractivity contribution in [1.82, 2.24) is 14.5 Å². The molecule has 168 valence electrons. The molecule has 5 nitrogen and oxygen atoms in total. The molecule has 33 heavy (non-hydrogen) atoms. The van der Waals surface area contributed by atoms with Gasteiger partial charge in [0, 0.05) is 16.6 Å². The number of halogens is 1. The summed E-state index contributed by atoms with van der Waals surface area (Å²) in [6, 6.07) is 22.1. The fourth-order valence-electron chi connectivity index (χ4n) is 4.18. The number of carbonyl (C=O) groups excluding carboxylic acids is 1. The van der Waals surface area contributed by atoms with Crippen molar-refractivity contribution in [2.24, 2.45) is 0 Å². The van der Waals surface area contributed by atoms with Crippen molar-refractivity contribution in [1.29, 1.82) is 0 Å². The Bertz CT molecular complexity index is 1360. The topological polar surface area (TPSA) is 55.2 Å². The largest absolute Gasteiger partial charge is 0.329 e. The van der Waals surface area contributed by atoms with Crippen molar-refractivity contribution in [2.45, 2.75) is 33.2 Å². The molecule has 1 heterocycles. The molecule has 1 aromatic heterocycles. The summed E-state index contributed by atoms with van der Waals surface area (Å²) in [6.07, 6.45) is 0.776. The van der Waals surface area contributed by atoms with Gasteiger partial charge in [0.15, 0.2) is 0 Å². The van der Waals surface area contributed by atoms with Gasteiger partial charge < -0.3 is 4.90 Å². The quantitative estimate of drug-likeness (QED) is 0.327. The molecule has 4 rings (SSSR count). The third-order valence-electron chi connectivity index (χ3n) is 5.95. The number of rotatable bonds is 6. The van der Waals surface area contributed by atoms with Crippen LogP contribution in [0.1, 0.15) is 48.6 Å². The maximum absolute atomic E-state index is 13.7. The van der Waals surface area contributed by atoms with Gasteiger partial charge in [-0.1, -0.05) is 53.2 Å². The van der Waals surface area contributed by atoms with Crippen LogP contribution in [0.3, 0.4) is 0 Å². The molecule has 0 radical (unpaired) electrons. The van der Waals surface area contributed by atoms with E-state index in [0.29, 0.717) is 28.8 Å². The second-order valence-electron chi connectivity index (χ2n) is 7.88. The molecule has 4 aromatic rings. The smallest absolute Gasteiger partial charge is 0.266 e. The third-order valence-corrected chi connectivity index (χ3v) is 6.48. The van der Waals surface area contributed by atoms with Crippen LogP contribution in [0.15, 0.2) is 82.1 Å². The van der Waals surface area contributed by atoms with Crippen molar-refractivity contribution >= 4 is 32.7 Å². The van der Waals surface area contributed by atoms with E-state index in [1.807, 2.05) is 68.4 Å². The number of hydrogen-bond donors (Lipinski definition) is 0. The minimum atomic E-state index is -0.423. The molecule has 0 aliphatic heterocycles. The zero-order valence-electron chi connectivity index (χ0n) is 19.0. The number of para-hydroxylation sites is 2. The highest BCUT2D eigenvalue weighted by Gasteiger charge is 2.27. The number of amides is 1. The van der Waals surface area contributed by atoms with Gasteiger partial charge in [-0.15, -0.1) is 0 Å². The van der Waals surface area contributed by atoms with E-state index in [0.717, 1.165) is 22.1 Å². The Morgan fingerprint density at radius 2 is 1.67 bits per heavy atom. The fraction of sp³-hybridized carbons (Fsp3) is 0.222. The first kappa shape index (κ1) is 22.9. The summed E-state index contributed by atoms with van der Waals surface area (Å²) in [5.41, 5.74) is 2.94. The van der Waals surface area contributed by atoms with E-state index in [-0.39, 0.29) is 11.5 Å². The van der Waals surface area contributed by atoms with Gasteiger partial charge in [0.05, 0.1) is 22.6 Å². The second-order valence-corrected chi connectivity index (χ2v) is 8.80. The Morgan fingerprint density at radius 3 is 2.36 bits per heavy atom. The number of fused-ring (bicyclic) bond motifs is 1. The Balaban J connectivity index is 1.92. The maximum Gasteiger partial charge on any atom is 0.266 e. The molecular formula is C27H26BrN3O2. The summed E-state index contributed by atoms with van der Waals surface area (Å²) in [5, 5.41) is 0.557. The lowest BCUT2D eigenvalue weighted by atomic mass is 10.1. The van der Waals surface area contributed by atoms with Crippen LogP contribution in [0.25, 0.3) is 16.6 Å². The van der Waals surface area contributed by atoms with Gasteiger partial charge in [0.2, 0.25) is 0 Å². The number of aromatic nitrogens is 2. The van der Waals surface area contributed by atoms with Crippen molar-refractivity contribution in [3.05, 3.63) is 105 Å². The molecule has 0 aliphatic rings. The molecule has 0 spiro atoms.